The van der Waals surface area contributed by atoms with Gasteiger partial charge in [0.2, 0.25) is 0 Å². The first-order chi connectivity index (χ1) is 6.22. The van der Waals surface area contributed by atoms with Crippen molar-refractivity contribution in [2.45, 2.75) is 20.1 Å². The lowest BCUT2D eigenvalue weighted by Gasteiger charge is -2.14. The van der Waals surface area contributed by atoms with Crippen LogP contribution < -0.4 is 4.74 Å². The van der Waals surface area contributed by atoms with Crippen molar-refractivity contribution in [3.05, 3.63) is 28.7 Å². The number of halogens is 1. The molecule has 0 aromatic heterocycles. The zero-order valence-electron chi connectivity index (χ0n) is 7.79. The van der Waals surface area contributed by atoms with Crippen molar-refractivity contribution in [1.82, 2.24) is 0 Å². The summed E-state index contributed by atoms with van der Waals surface area (Å²) < 4.78 is 11.7. The maximum absolute atomic E-state index is 5.48. The van der Waals surface area contributed by atoms with Crippen molar-refractivity contribution < 1.29 is 9.47 Å². The van der Waals surface area contributed by atoms with Crippen molar-refractivity contribution in [3.63, 3.8) is 0 Å². The van der Waals surface area contributed by atoms with E-state index in [1.165, 1.54) is 0 Å². The van der Waals surface area contributed by atoms with Crippen LogP contribution in [0, 0.1) is 0 Å². The molecule has 1 aromatic rings. The van der Waals surface area contributed by atoms with Crippen molar-refractivity contribution in [2.24, 2.45) is 0 Å². The van der Waals surface area contributed by atoms with E-state index in [4.69, 9.17) is 9.47 Å². The third-order valence-corrected chi connectivity index (χ3v) is 1.99. The minimum atomic E-state index is -0.195. The number of hydrogen-bond acceptors (Lipinski definition) is 2. The van der Waals surface area contributed by atoms with Gasteiger partial charge in [0, 0.05) is 11.1 Å². The highest BCUT2D eigenvalue weighted by Crippen LogP contribution is 2.18. The Kier molecular flexibility index (Phi) is 4.25. The fraction of sp³-hybridized carbons (Fsp3) is 0.400. The molecule has 0 N–H and O–H groups in total. The Morgan fingerprint density at radius 1 is 1.46 bits per heavy atom. The first-order valence-electron chi connectivity index (χ1n) is 4.26. The van der Waals surface area contributed by atoms with Crippen molar-refractivity contribution in [2.75, 3.05) is 6.61 Å². The summed E-state index contributed by atoms with van der Waals surface area (Å²) in [5.74, 6) is 0.815. The smallest absolute Gasteiger partial charge is 0.196 e. The van der Waals surface area contributed by atoms with Gasteiger partial charge in [-0.05, 0) is 32.0 Å². The summed E-state index contributed by atoms with van der Waals surface area (Å²) in [5.41, 5.74) is 0. The Bertz CT molecular complexity index is 263. The lowest BCUT2D eigenvalue weighted by atomic mass is 10.3. The number of hydrogen-bond donors (Lipinski definition) is 0. The molecule has 3 heteroatoms. The van der Waals surface area contributed by atoms with Gasteiger partial charge in [-0.2, -0.15) is 0 Å². The molecule has 0 radical (unpaired) electrons. The predicted octanol–water partition coefficient (Wildman–Crippen LogP) is 3.21. The molecule has 0 aliphatic carbocycles. The first-order valence-corrected chi connectivity index (χ1v) is 5.05. The summed E-state index contributed by atoms with van der Waals surface area (Å²) in [7, 11) is 0. The SMILES string of the molecule is CCO[C@H](C)Oc1cccc(Br)c1. The summed E-state index contributed by atoms with van der Waals surface area (Å²) >= 11 is 3.37. The quantitative estimate of drug-likeness (QED) is 0.758. The van der Waals surface area contributed by atoms with Gasteiger partial charge in [-0.1, -0.05) is 22.0 Å². The Morgan fingerprint density at radius 3 is 2.85 bits per heavy atom. The molecular formula is C10H13BrO2. The molecule has 0 aliphatic heterocycles. The topological polar surface area (TPSA) is 18.5 Å². The summed E-state index contributed by atoms with van der Waals surface area (Å²) in [5, 5.41) is 0. The Balaban J connectivity index is 2.53. The molecule has 0 heterocycles. The largest absolute Gasteiger partial charge is 0.465 e. The molecule has 0 saturated heterocycles. The molecule has 13 heavy (non-hydrogen) atoms. The second-order valence-corrected chi connectivity index (χ2v) is 3.51. The van der Waals surface area contributed by atoms with E-state index in [9.17, 15) is 0 Å². The third-order valence-electron chi connectivity index (χ3n) is 1.50. The minimum absolute atomic E-state index is 0.195. The van der Waals surface area contributed by atoms with Gasteiger partial charge in [-0.15, -0.1) is 0 Å². The van der Waals surface area contributed by atoms with Gasteiger partial charge in [-0.3, -0.25) is 0 Å². The number of benzene rings is 1. The highest BCUT2D eigenvalue weighted by atomic mass is 79.9. The first kappa shape index (κ1) is 10.5. The fourth-order valence-corrected chi connectivity index (χ4v) is 1.38. The summed E-state index contributed by atoms with van der Waals surface area (Å²) in [6, 6.07) is 7.70. The average molecular weight is 245 g/mol. The van der Waals surface area contributed by atoms with Crippen LogP contribution in [0.15, 0.2) is 28.7 Å². The van der Waals surface area contributed by atoms with Crippen LogP contribution in [-0.2, 0) is 4.74 Å². The molecule has 0 amide bonds. The van der Waals surface area contributed by atoms with Crippen LogP contribution in [0.4, 0.5) is 0 Å². The normalized spacial score (nSPS) is 12.5. The fourth-order valence-electron chi connectivity index (χ4n) is 1.00. The zero-order chi connectivity index (χ0) is 9.68. The maximum Gasteiger partial charge on any atom is 0.196 e. The van der Waals surface area contributed by atoms with E-state index >= 15 is 0 Å². The second-order valence-electron chi connectivity index (χ2n) is 2.60. The summed E-state index contributed by atoms with van der Waals surface area (Å²) in [6.45, 7) is 4.49. The van der Waals surface area contributed by atoms with E-state index in [1.54, 1.807) is 0 Å². The molecule has 0 unspecified atom stereocenters. The molecule has 0 saturated carbocycles. The summed E-state index contributed by atoms with van der Waals surface area (Å²) in [6.07, 6.45) is -0.195. The van der Waals surface area contributed by atoms with Gasteiger partial charge in [0.1, 0.15) is 5.75 Å². The lowest BCUT2D eigenvalue weighted by Crippen LogP contribution is -2.15. The minimum Gasteiger partial charge on any atom is -0.465 e. The van der Waals surface area contributed by atoms with Crippen LogP contribution >= 0.6 is 15.9 Å². The molecule has 0 fully saturated rings. The van der Waals surface area contributed by atoms with Crippen molar-refractivity contribution in [3.8, 4) is 5.75 Å². The highest BCUT2D eigenvalue weighted by Gasteiger charge is 2.01. The van der Waals surface area contributed by atoms with E-state index in [0.717, 1.165) is 10.2 Å². The molecule has 0 spiro atoms. The van der Waals surface area contributed by atoms with Crippen LogP contribution in [0.5, 0.6) is 5.75 Å². The van der Waals surface area contributed by atoms with Gasteiger partial charge < -0.3 is 9.47 Å². The third kappa shape index (κ3) is 3.79. The monoisotopic (exact) mass is 244 g/mol. The van der Waals surface area contributed by atoms with Crippen LogP contribution in [0.25, 0.3) is 0 Å². The molecular weight excluding hydrogens is 232 g/mol. The van der Waals surface area contributed by atoms with Gasteiger partial charge in [0.15, 0.2) is 6.29 Å². The van der Waals surface area contributed by atoms with Gasteiger partial charge >= 0.3 is 0 Å². The number of ether oxygens (including phenoxy) is 2. The van der Waals surface area contributed by atoms with Crippen LogP contribution in [0.1, 0.15) is 13.8 Å². The predicted molar refractivity (Wildman–Crippen MR) is 55.9 cm³/mol. The highest BCUT2D eigenvalue weighted by molar-refractivity contribution is 9.10. The molecule has 0 aliphatic rings. The van der Waals surface area contributed by atoms with E-state index in [2.05, 4.69) is 15.9 Å². The van der Waals surface area contributed by atoms with Crippen molar-refractivity contribution >= 4 is 15.9 Å². The van der Waals surface area contributed by atoms with E-state index in [1.807, 2.05) is 38.1 Å². The zero-order valence-corrected chi connectivity index (χ0v) is 9.37. The van der Waals surface area contributed by atoms with E-state index in [0.29, 0.717) is 6.61 Å². The van der Waals surface area contributed by atoms with Crippen LogP contribution in [0.3, 0.4) is 0 Å². The van der Waals surface area contributed by atoms with Crippen LogP contribution in [0.2, 0.25) is 0 Å². The standard InChI is InChI=1S/C10H13BrO2/c1-3-12-8(2)13-10-6-4-5-9(11)7-10/h4-8H,3H2,1-2H3/t8-/m0/s1. The summed E-state index contributed by atoms with van der Waals surface area (Å²) in [4.78, 5) is 0. The maximum atomic E-state index is 5.48. The second kappa shape index (κ2) is 5.25. The average Bonchev–Trinajstić information content (AvgIpc) is 2.04. The lowest BCUT2D eigenvalue weighted by molar-refractivity contribution is -0.0613. The van der Waals surface area contributed by atoms with Crippen molar-refractivity contribution in [1.29, 1.82) is 0 Å². The Labute approximate surface area is 87.0 Å². The Morgan fingerprint density at radius 2 is 2.23 bits per heavy atom. The number of rotatable bonds is 4. The molecule has 1 atom stereocenters. The van der Waals surface area contributed by atoms with E-state index < -0.39 is 0 Å². The molecule has 0 bridgehead atoms. The molecule has 1 aromatic carbocycles. The molecule has 2 nitrogen and oxygen atoms in total. The molecule has 1 rings (SSSR count). The Hall–Kier alpha value is -0.540. The van der Waals surface area contributed by atoms with Gasteiger partial charge in [0.05, 0.1) is 0 Å². The van der Waals surface area contributed by atoms with Crippen LogP contribution in [-0.4, -0.2) is 12.9 Å². The van der Waals surface area contributed by atoms with Gasteiger partial charge in [-0.25, -0.2) is 0 Å². The van der Waals surface area contributed by atoms with E-state index in [-0.39, 0.29) is 6.29 Å². The molecule has 72 valence electrons. The van der Waals surface area contributed by atoms with Gasteiger partial charge in [0.25, 0.3) is 0 Å².